The molecule has 0 saturated carbocycles. The smallest absolute Gasteiger partial charge is 0.414 e. The molecule has 4 rings (SSSR count). The summed E-state index contributed by atoms with van der Waals surface area (Å²) in [6.07, 6.45) is -0.998. The van der Waals surface area contributed by atoms with Crippen molar-refractivity contribution in [2.24, 2.45) is 0 Å². The van der Waals surface area contributed by atoms with Gasteiger partial charge in [0.25, 0.3) is 0 Å². The third-order valence-corrected chi connectivity index (χ3v) is 5.84. The molecule has 2 aliphatic heterocycles. The molecule has 3 heterocycles. The highest BCUT2D eigenvalue weighted by Crippen LogP contribution is 2.29. The summed E-state index contributed by atoms with van der Waals surface area (Å²) in [6.45, 7) is 5.60. The summed E-state index contributed by atoms with van der Waals surface area (Å²) in [7, 11) is 0. The molecule has 0 bridgehead atoms. The Hall–Kier alpha value is -2.59. The minimum Gasteiger partial charge on any atom is -0.453 e. The van der Waals surface area contributed by atoms with E-state index in [-0.39, 0.29) is 24.8 Å². The summed E-state index contributed by atoms with van der Waals surface area (Å²) in [6, 6.07) is 8.62. The molecule has 2 fully saturated rings. The number of benzene rings is 1. The Kier molecular flexibility index (Phi) is 6.47. The van der Waals surface area contributed by atoms with Gasteiger partial charge in [-0.3, -0.25) is 14.6 Å². The molecule has 0 aliphatic carbocycles. The van der Waals surface area contributed by atoms with E-state index < -0.39 is 12.2 Å². The van der Waals surface area contributed by atoms with Crippen LogP contribution in [0.4, 0.5) is 20.6 Å². The number of rotatable bonds is 6. The SMILES string of the molecule is CC(=O)NC[C@H]1CN(c2ccc(N3CCN(Cc4ccc(Br)o4)CC3)c(F)c2)C(=O)O1. The number of nitrogens with one attached hydrogen (secondary N) is 1. The van der Waals surface area contributed by atoms with Gasteiger partial charge in [0, 0.05) is 33.1 Å². The van der Waals surface area contributed by atoms with Crippen LogP contribution in [-0.4, -0.2) is 62.3 Å². The van der Waals surface area contributed by atoms with Crippen LogP contribution in [0.25, 0.3) is 0 Å². The molecular formula is C21H24BrFN4O4. The minimum absolute atomic E-state index is 0.193. The van der Waals surface area contributed by atoms with Crippen LogP contribution in [0.1, 0.15) is 12.7 Å². The second-order valence-corrected chi connectivity index (χ2v) is 8.44. The fourth-order valence-electron chi connectivity index (χ4n) is 3.82. The van der Waals surface area contributed by atoms with Gasteiger partial charge in [-0.05, 0) is 46.3 Å². The highest BCUT2D eigenvalue weighted by molar-refractivity contribution is 9.10. The third-order valence-electron chi connectivity index (χ3n) is 5.42. The summed E-state index contributed by atoms with van der Waals surface area (Å²) < 4.78 is 26.4. The van der Waals surface area contributed by atoms with Gasteiger partial charge in [0.1, 0.15) is 17.7 Å². The van der Waals surface area contributed by atoms with Crippen molar-refractivity contribution in [2.45, 2.75) is 19.6 Å². The van der Waals surface area contributed by atoms with Crippen LogP contribution in [0.15, 0.2) is 39.4 Å². The largest absolute Gasteiger partial charge is 0.453 e. The number of hydrogen-bond donors (Lipinski definition) is 1. The zero-order valence-corrected chi connectivity index (χ0v) is 18.7. The van der Waals surface area contributed by atoms with Crippen molar-refractivity contribution in [3.05, 3.63) is 46.6 Å². The lowest BCUT2D eigenvalue weighted by Crippen LogP contribution is -2.46. The number of nitrogens with zero attached hydrogens (tertiary/aromatic N) is 3. The molecule has 2 amide bonds. The normalized spacial score (nSPS) is 19.6. The van der Waals surface area contributed by atoms with Crippen LogP contribution in [0.2, 0.25) is 0 Å². The molecule has 1 N–H and O–H groups in total. The molecule has 0 radical (unpaired) electrons. The number of carbonyl (C=O) groups is 2. The van der Waals surface area contributed by atoms with E-state index >= 15 is 0 Å². The van der Waals surface area contributed by atoms with Gasteiger partial charge in [0.2, 0.25) is 5.91 Å². The number of amides is 2. The lowest BCUT2D eigenvalue weighted by atomic mass is 10.2. The highest BCUT2D eigenvalue weighted by atomic mass is 79.9. The number of ether oxygens (including phenoxy) is 1. The maximum absolute atomic E-state index is 14.9. The maximum Gasteiger partial charge on any atom is 0.414 e. The average molecular weight is 495 g/mol. The second kappa shape index (κ2) is 9.27. The Morgan fingerprint density at radius 2 is 2.00 bits per heavy atom. The van der Waals surface area contributed by atoms with Crippen molar-refractivity contribution in [3.8, 4) is 0 Å². The first-order valence-electron chi connectivity index (χ1n) is 10.1. The zero-order chi connectivity index (χ0) is 22.0. The topological polar surface area (TPSA) is 78.3 Å². The van der Waals surface area contributed by atoms with Gasteiger partial charge in [-0.2, -0.15) is 0 Å². The minimum atomic E-state index is -0.541. The first kappa shape index (κ1) is 21.6. The molecule has 8 nitrogen and oxygen atoms in total. The quantitative estimate of drug-likeness (QED) is 0.664. The number of anilines is 2. The molecule has 10 heteroatoms. The van der Waals surface area contributed by atoms with Gasteiger partial charge in [-0.1, -0.05) is 0 Å². The van der Waals surface area contributed by atoms with Gasteiger partial charge < -0.3 is 19.4 Å². The first-order valence-corrected chi connectivity index (χ1v) is 10.9. The Morgan fingerprint density at radius 3 is 2.65 bits per heavy atom. The van der Waals surface area contributed by atoms with Crippen molar-refractivity contribution >= 4 is 39.3 Å². The Labute approximate surface area is 188 Å². The summed E-state index contributed by atoms with van der Waals surface area (Å²) in [4.78, 5) is 28.9. The van der Waals surface area contributed by atoms with E-state index in [0.717, 1.165) is 25.4 Å². The van der Waals surface area contributed by atoms with E-state index in [1.165, 1.54) is 17.9 Å². The predicted molar refractivity (Wildman–Crippen MR) is 117 cm³/mol. The molecule has 166 valence electrons. The van der Waals surface area contributed by atoms with Gasteiger partial charge >= 0.3 is 6.09 Å². The molecule has 1 aromatic carbocycles. The lowest BCUT2D eigenvalue weighted by molar-refractivity contribution is -0.119. The van der Waals surface area contributed by atoms with Gasteiger partial charge in [0.05, 0.1) is 31.0 Å². The van der Waals surface area contributed by atoms with Gasteiger partial charge in [-0.25, -0.2) is 9.18 Å². The first-order chi connectivity index (χ1) is 14.9. The van der Waals surface area contributed by atoms with Crippen LogP contribution in [0, 0.1) is 5.82 Å². The number of piperazine rings is 1. The lowest BCUT2D eigenvalue weighted by Gasteiger charge is -2.36. The van der Waals surface area contributed by atoms with Crippen molar-refractivity contribution in [3.63, 3.8) is 0 Å². The van der Waals surface area contributed by atoms with Crippen LogP contribution in [0.5, 0.6) is 0 Å². The maximum atomic E-state index is 14.9. The molecule has 1 atom stereocenters. The molecule has 0 unspecified atom stereocenters. The molecule has 2 aromatic rings. The average Bonchev–Trinajstić information content (AvgIpc) is 3.32. The predicted octanol–water partition coefficient (Wildman–Crippen LogP) is 2.96. The number of halogens is 2. The Bertz CT molecular complexity index is 961. The van der Waals surface area contributed by atoms with Crippen molar-refractivity contribution in [1.29, 1.82) is 0 Å². The molecule has 0 spiro atoms. The fourth-order valence-corrected chi connectivity index (χ4v) is 4.16. The van der Waals surface area contributed by atoms with Crippen LogP contribution in [-0.2, 0) is 16.1 Å². The molecule has 2 saturated heterocycles. The van der Waals surface area contributed by atoms with Crippen molar-refractivity contribution in [2.75, 3.05) is 49.1 Å². The summed E-state index contributed by atoms with van der Waals surface area (Å²) in [5.41, 5.74) is 0.963. The number of hydrogen-bond acceptors (Lipinski definition) is 6. The van der Waals surface area contributed by atoms with E-state index in [1.807, 2.05) is 17.0 Å². The van der Waals surface area contributed by atoms with Crippen LogP contribution >= 0.6 is 15.9 Å². The third kappa shape index (κ3) is 5.19. The van der Waals surface area contributed by atoms with E-state index in [4.69, 9.17) is 9.15 Å². The monoisotopic (exact) mass is 494 g/mol. The zero-order valence-electron chi connectivity index (χ0n) is 17.1. The Balaban J connectivity index is 1.35. The molecule has 31 heavy (non-hydrogen) atoms. The van der Waals surface area contributed by atoms with Gasteiger partial charge in [-0.15, -0.1) is 0 Å². The van der Waals surface area contributed by atoms with Crippen molar-refractivity contribution < 1.29 is 23.1 Å². The van der Waals surface area contributed by atoms with Crippen LogP contribution < -0.4 is 15.1 Å². The summed E-state index contributed by atoms with van der Waals surface area (Å²) in [5.74, 6) is 0.325. The van der Waals surface area contributed by atoms with Gasteiger partial charge in [0.15, 0.2) is 4.67 Å². The molecule has 1 aromatic heterocycles. The standard InChI is InChI=1S/C21H24BrFN4O4/c1-14(28)24-11-17-13-27(21(29)31-17)15-2-4-19(18(23)10-15)26-8-6-25(7-9-26)12-16-3-5-20(22)30-16/h2-5,10,17H,6-9,11-13H2,1H3,(H,24,28)/t17-/m0/s1. The van der Waals surface area contributed by atoms with E-state index in [1.54, 1.807) is 12.1 Å². The van der Waals surface area contributed by atoms with E-state index in [0.29, 0.717) is 29.1 Å². The Morgan fingerprint density at radius 1 is 1.23 bits per heavy atom. The second-order valence-electron chi connectivity index (χ2n) is 7.66. The number of carbonyl (C=O) groups excluding carboxylic acids is 2. The van der Waals surface area contributed by atoms with Crippen LogP contribution in [0.3, 0.4) is 0 Å². The van der Waals surface area contributed by atoms with E-state index in [2.05, 4.69) is 26.1 Å². The molecular weight excluding hydrogens is 471 g/mol. The fraction of sp³-hybridized carbons (Fsp3) is 0.429. The number of furan rings is 1. The summed E-state index contributed by atoms with van der Waals surface area (Å²) >= 11 is 3.31. The molecule has 2 aliphatic rings. The van der Waals surface area contributed by atoms with Crippen molar-refractivity contribution in [1.82, 2.24) is 10.2 Å². The summed E-state index contributed by atoms with van der Waals surface area (Å²) in [5, 5.41) is 2.63. The van der Waals surface area contributed by atoms with E-state index in [9.17, 15) is 14.0 Å². The number of cyclic esters (lactones) is 1. The highest BCUT2D eigenvalue weighted by Gasteiger charge is 2.33.